The second kappa shape index (κ2) is 13.3. The number of carbonyl (C=O) groups is 4. The van der Waals surface area contributed by atoms with Crippen LogP contribution in [0.2, 0.25) is 0 Å². The Balaban J connectivity index is 1.39. The lowest BCUT2D eigenvalue weighted by Crippen LogP contribution is -2.44. The van der Waals surface area contributed by atoms with Crippen LogP contribution in [0.5, 0.6) is 5.75 Å². The van der Waals surface area contributed by atoms with Gasteiger partial charge in [-0.3, -0.25) is 23.7 Å². The van der Waals surface area contributed by atoms with Crippen LogP contribution in [0.25, 0.3) is 11.2 Å². The summed E-state index contributed by atoms with van der Waals surface area (Å²) in [5.41, 5.74) is -0.246. The average Bonchev–Trinajstić information content (AvgIpc) is 3.73. The quantitative estimate of drug-likeness (QED) is 0.140. The van der Waals surface area contributed by atoms with E-state index in [2.05, 4.69) is 26.2 Å². The number of benzene rings is 1. The first kappa shape index (κ1) is 34.4. The summed E-state index contributed by atoms with van der Waals surface area (Å²) in [6.07, 6.45) is 3.20. The molecule has 0 radical (unpaired) electrons. The predicted octanol–water partition coefficient (Wildman–Crippen LogP) is 3.10. The summed E-state index contributed by atoms with van der Waals surface area (Å²) >= 11 is 0. The Hall–Kier alpha value is -4.94. The SMILES string of the molecule is C#C[C@]1(CO)O[C@@H](n2cnc3c(NC(=O)[C@H]4CCC(=O)O4)nc(F)nc32)C[C@@H]1OC(=O)CC(C)(CC)c1c(C)cc(C)cc1OC(C)=O. The third-order valence-corrected chi connectivity index (χ3v) is 8.77. The average molecular weight is 666 g/mol. The molecule has 1 unspecified atom stereocenters. The van der Waals surface area contributed by atoms with Gasteiger partial charge in [0.25, 0.3) is 5.91 Å². The first-order valence-electron chi connectivity index (χ1n) is 15.4. The number of terminal acetylenes is 1. The molecule has 0 spiro atoms. The van der Waals surface area contributed by atoms with Gasteiger partial charge in [0.2, 0.25) is 0 Å². The van der Waals surface area contributed by atoms with E-state index in [-0.39, 0.29) is 42.7 Å². The van der Waals surface area contributed by atoms with Gasteiger partial charge < -0.3 is 29.4 Å². The highest BCUT2D eigenvalue weighted by Gasteiger charge is 2.51. The number of imidazole rings is 1. The van der Waals surface area contributed by atoms with Crippen molar-refractivity contribution in [2.24, 2.45) is 0 Å². The number of fused-ring (bicyclic) bond motifs is 1. The first-order valence-corrected chi connectivity index (χ1v) is 15.4. The standard InChI is InChI=1S/C33H36FN5O9/c1-7-32(6,26-18(4)11-17(3)12-21(26)45-19(5)41)14-25(43)47-22-13-23(48-33(22,8-2)15-40)39-16-35-27-28(37-31(34)38-29(27)39)36-30(44)20-9-10-24(42)46-20/h2,11-12,16,20,22-23,40H,7,9-10,13-15H2,1,3-6H3,(H,36,37,38,44)/t20-,22+,23-,32?,33-/m1/s1. The molecule has 254 valence electrons. The zero-order valence-electron chi connectivity index (χ0n) is 27.2. The van der Waals surface area contributed by atoms with E-state index in [4.69, 9.17) is 25.4 Å². The molecule has 5 atom stereocenters. The molecule has 0 bridgehead atoms. The van der Waals surface area contributed by atoms with Crippen molar-refractivity contribution in [3.63, 3.8) is 0 Å². The Morgan fingerprint density at radius 3 is 2.67 bits per heavy atom. The number of carbonyl (C=O) groups excluding carboxylic acids is 4. The summed E-state index contributed by atoms with van der Waals surface area (Å²) in [6.45, 7) is 8.11. The van der Waals surface area contributed by atoms with Crippen LogP contribution in [0.3, 0.4) is 0 Å². The number of amides is 1. The fourth-order valence-electron chi connectivity index (χ4n) is 6.31. The molecule has 48 heavy (non-hydrogen) atoms. The number of hydrogen-bond acceptors (Lipinski definition) is 12. The minimum absolute atomic E-state index is 0.00388. The molecule has 14 nitrogen and oxygen atoms in total. The van der Waals surface area contributed by atoms with Gasteiger partial charge in [0.1, 0.15) is 18.1 Å². The number of esters is 3. The largest absolute Gasteiger partial charge is 0.458 e. The summed E-state index contributed by atoms with van der Waals surface area (Å²) in [5.74, 6) is 0.151. The summed E-state index contributed by atoms with van der Waals surface area (Å²) < 4.78 is 38.5. The lowest BCUT2D eigenvalue weighted by molar-refractivity contribution is -0.160. The maximum Gasteiger partial charge on any atom is 0.312 e. The highest BCUT2D eigenvalue weighted by Crippen LogP contribution is 2.43. The van der Waals surface area contributed by atoms with Crippen molar-refractivity contribution < 1.29 is 47.6 Å². The predicted molar refractivity (Wildman–Crippen MR) is 166 cm³/mol. The van der Waals surface area contributed by atoms with Crippen molar-refractivity contribution in [3.05, 3.63) is 41.2 Å². The van der Waals surface area contributed by atoms with Crippen molar-refractivity contribution in [2.75, 3.05) is 11.9 Å². The van der Waals surface area contributed by atoms with Gasteiger partial charge in [0.15, 0.2) is 28.7 Å². The number of cyclic esters (lactones) is 1. The molecule has 2 fully saturated rings. The van der Waals surface area contributed by atoms with E-state index in [0.717, 1.165) is 11.1 Å². The summed E-state index contributed by atoms with van der Waals surface area (Å²) in [7, 11) is 0. The third-order valence-electron chi connectivity index (χ3n) is 8.77. The lowest BCUT2D eigenvalue weighted by Gasteiger charge is -2.33. The normalized spacial score (nSPS) is 23.3. The van der Waals surface area contributed by atoms with Gasteiger partial charge in [-0.05, 0) is 37.5 Å². The smallest absolute Gasteiger partial charge is 0.312 e. The molecule has 1 amide bonds. The maximum absolute atomic E-state index is 14.6. The van der Waals surface area contributed by atoms with Crippen LogP contribution in [0.4, 0.5) is 10.2 Å². The van der Waals surface area contributed by atoms with Crippen LogP contribution in [0, 0.1) is 32.3 Å². The fraction of sp³-hybridized carbons (Fsp3) is 0.485. The van der Waals surface area contributed by atoms with E-state index in [9.17, 15) is 28.7 Å². The van der Waals surface area contributed by atoms with Crippen molar-refractivity contribution in [3.8, 4) is 18.1 Å². The van der Waals surface area contributed by atoms with Crippen LogP contribution in [-0.2, 0) is 38.8 Å². The Labute approximate surface area is 275 Å². The number of aromatic nitrogens is 4. The Kier molecular flexibility index (Phi) is 9.52. The topological polar surface area (TPSA) is 181 Å². The van der Waals surface area contributed by atoms with Crippen LogP contribution < -0.4 is 10.1 Å². The molecule has 4 heterocycles. The molecule has 2 saturated heterocycles. The van der Waals surface area contributed by atoms with Crippen molar-refractivity contribution in [1.29, 1.82) is 0 Å². The maximum atomic E-state index is 14.6. The minimum atomic E-state index is -1.77. The van der Waals surface area contributed by atoms with Crippen LogP contribution in [0.15, 0.2) is 18.5 Å². The number of nitrogens with zero attached hydrogens (tertiary/aromatic N) is 4. The fourth-order valence-corrected chi connectivity index (χ4v) is 6.31. The van der Waals surface area contributed by atoms with Crippen LogP contribution in [0.1, 0.15) is 75.8 Å². The third kappa shape index (κ3) is 6.58. The van der Waals surface area contributed by atoms with E-state index < -0.39 is 66.0 Å². The van der Waals surface area contributed by atoms with Crippen molar-refractivity contribution >= 4 is 40.8 Å². The number of halogens is 1. The molecule has 0 saturated carbocycles. The first-order chi connectivity index (χ1) is 22.7. The number of aliphatic hydroxyl groups excluding tert-OH is 1. The number of hydrogen-bond donors (Lipinski definition) is 2. The Morgan fingerprint density at radius 1 is 1.29 bits per heavy atom. The van der Waals surface area contributed by atoms with Gasteiger partial charge >= 0.3 is 24.0 Å². The number of rotatable bonds is 10. The molecule has 3 aromatic rings. The summed E-state index contributed by atoms with van der Waals surface area (Å²) in [5, 5.41) is 12.8. The molecule has 5 rings (SSSR count). The minimum Gasteiger partial charge on any atom is -0.458 e. The lowest BCUT2D eigenvalue weighted by atomic mass is 9.74. The molecule has 15 heteroatoms. The van der Waals surface area contributed by atoms with Gasteiger partial charge in [0.05, 0.1) is 19.4 Å². The van der Waals surface area contributed by atoms with E-state index in [0.29, 0.717) is 17.7 Å². The summed E-state index contributed by atoms with van der Waals surface area (Å²) in [6, 6.07) is 3.68. The monoisotopic (exact) mass is 665 g/mol. The molecule has 0 aliphatic carbocycles. The van der Waals surface area contributed by atoms with E-state index in [1.165, 1.54) is 17.8 Å². The van der Waals surface area contributed by atoms with E-state index >= 15 is 0 Å². The number of aliphatic hydroxyl groups is 1. The van der Waals surface area contributed by atoms with Crippen LogP contribution in [-0.4, -0.2) is 72.9 Å². The molecular formula is C33H36FN5O9. The van der Waals surface area contributed by atoms with E-state index in [1.807, 2.05) is 33.8 Å². The Bertz CT molecular complexity index is 1840. The summed E-state index contributed by atoms with van der Waals surface area (Å²) in [4.78, 5) is 61.3. The van der Waals surface area contributed by atoms with Gasteiger partial charge in [-0.25, -0.2) is 4.98 Å². The van der Waals surface area contributed by atoms with E-state index in [1.54, 1.807) is 6.07 Å². The zero-order valence-corrected chi connectivity index (χ0v) is 27.2. The van der Waals surface area contributed by atoms with Crippen molar-refractivity contribution in [1.82, 2.24) is 19.5 Å². The van der Waals surface area contributed by atoms with Gasteiger partial charge in [-0.1, -0.05) is 25.8 Å². The molecule has 2 aliphatic rings. The van der Waals surface area contributed by atoms with Gasteiger partial charge in [0, 0.05) is 37.2 Å². The second-order valence-corrected chi connectivity index (χ2v) is 12.3. The molecular weight excluding hydrogens is 629 g/mol. The molecule has 2 N–H and O–H groups in total. The molecule has 2 aromatic heterocycles. The van der Waals surface area contributed by atoms with Gasteiger partial charge in [-0.15, -0.1) is 6.42 Å². The zero-order chi connectivity index (χ0) is 35.0. The Morgan fingerprint density at radius 2 is 2.04 bits per heavy atom. The molecule has 1 aromatic carbocycles. The second-order valence-electron chi connectivity index (χ2n) is 12.3. The number of nitrogens with one attached hydrogen (secondary N) is 1. The highest BCUT2D eigenvalue weighted by molar-refractivity contribution is 6.00. The van der Waals surface area contributed by atoms with Crippen molar-refractivity contribution in [2.45, 2.75) is 96.2 Å². The number of aryl methyl sites for hydroxylation is 2. The van der Waals surface area contributed by atoms with Crippen LogP contribution >= 0.6 is 0 Å². The number of ether oxygens (including phenoxy) is 4. The number of anilines is 1. The molecule has 2 aliphatic heterocycles. The highest BCUT2D eigenvalue weighted by atomic mass is 19.1. The van der Waals surface area contributed by atoms with Gasteiger partial charge in [-0.2, -0.15) is 14.4 Å².